The maximum atomic E-state index is 11.1. The van der Waals surface area contributed by atoms with Crippen molar-refractivity contribution in [2.45, 2.75) is 0 Å². The van der Waals surface area contributed by atoms with Gasteiger partial charge in [0.2, 0.25) is 0 Å². The SMILES string of the molecule is COc1ccc2[nH]cc(N([O-])N=O)c2c1. The van der Waals surface area contributed by atoms with Gasteiger partial charge in [-0.15, -0.1) is 4.91 Å². The van der Waals surface area contributed by atoms with E-state index in [0.29, 0.717) is 11.1 Å². The zero-order valence-corrected chi connectivity index (χ0v) is 7.93. The number of fused-ring (bicyclic) bond motifs is 1. The lowest BCUT2D eigenvalue weighted by atomic mass is 10.2. The molecule has 0 aliphatic carbocycles. The zero-order chi connectivity index (χ0) is 10.8. The van der Waals surface area contributed by atoms with E-state index in [1.807, 2.05) is 0 Å². The predicted molar refractivity (Wildman–Crippen MR) is 56.5 cm³/mol. The molecule has 1 aromatic heterocycles. The van der Waals surface area contributed by atoms with Crippen LogP contribution in [0.4, 0.5) is 5.69 Å². The predicted octanol–water partition coefficient (Wildman–Crippen LogP) is 2.16. The van der Waals surface area contributed by atoms with E-state index >= 15 is 0 Å². The van der Waals surface area contributed by atoms with Gasteiger partial charge in [0.05, 0.1) is 12.8 Å². The summed E-state index contributed by atoms with van der Waals surface area (Å²) in [7, 11) is 1.53. The number of anilines is 1. The van der Waals surface area contributed by atoms with Gasteiger partial charge in [-0.3, -0.25) is 5.17 Å². The first-order valence-corrected chi connectivity index (χ1v) is 4.22. The van der Waals surface area contributed by atoms with E-state index in [-0.39, 0.29) is 10.9 Å². The highest BCUT2D eigenvalue weighted by Gasteiger charge is 2.06. The summed E-state index contributed by atoms with van der Waals surface area (Å²) in [4.78, 5) is 13.0. The average Bonchev–Trinajstić information content (AvgIpc) is 2.70. The minimum Gasteiger partial charge on any atom is -0.735 e. The Morgan fingerprint density at radius 3 is 3.00 bits per heavy atom. The molecule has 0 aliphatic heterocycles. The van der Waals surface area contributed by atoms with Gasteiger partial charge in [0.25, 0.3) is 0 Å². The lowest BCUT2D eigenvalue weighted by Crippen LogP contribution is -2.02. The van der Waals surface area contributed by atoms with Gasteiger partial charge in [0.15, 0.2) is 0 Å². The Labute approximate surface area is 85.0 Å². The molecule has 0 aliphatic rings. The van der Waals surface area contributed by atoms with Crippen LogP contribution in [0.1, 0.15) is 0 Å². The second-order valence-corrected chi connectivity index (χ2v) is 2.94. The van der Waals surface area contributed by atoms with Crippen molar-refractivity contribution < 1.29 is 4.74 Å². The summed E-state index contributed by atoms with van der Waals surface area (Å²) in [5.74, 6) is 0.614. The Bertz CT molecular complexity index is 494. The number of nitrogens with one attached hydrogen (secondary N) is 1. The minimum absolute atomic E-state index is 0.0261. The van der Waals surface area contributed by atoms with Gasteiger partial charge in [-0.05, 0) is 18.2 Å². The van der Waals surface area contributed by atoms with Gasteiger partial charge < -0.3 is 14.9 Å². The Hall–Kier alpha value is -2.08. The Balaban J connectivity index is 2.60. The number of nitrogens with zero attached hydrogens (tertiary/aromatic N) is 2. The number of nitroso groups, excluding NO2 is 1. The summed E-state index contributed by atoms with van der Waals surface area (Å²) in [5.41, 5.74) is 0.925. The van der Waals surface area contributed by atoms with E-state index in [0.717, 1.165) is 5.52 Å². The highest BCUT2D eigenvalue weighted by atomic mass is 16.6. The molecule has 0 bridgehead atoms. The summed E-state index contributed by atoms with van der Waals surface area (Å²) in [5, 5.41) is 14.0. The van der Waals surface area contributed by atoms with Crippen LogP contribution < -0.4 is 9.91 Å². The topological polar surface area (TPSA) is 80.8 Å². The van der Waals surface area contributed by atoms with E-state index in [2.05, 4.69) is 10.3 Å². The summed E-state index contributed by atoms with van der Waals surface area (Å²) in [6.07, 6.45) is 1.43. The standard InChI is InChI=1S/C9H8N3O3/c1-15-6-2-3-8-7(4-6)9(5-10-8)12(14)11-13/h2-5,10H,1H3/q-1. The summed E-state index contributed by atoms with van der Waals surface area (Å²) in [6.45, 7) is 0. The summed E-state index contributed by atoms with van der Waals surface area (Å²) >= 11 is 0. The van der Waals surface area contributed by atoms with Crippen molar-refractivity contribution in [1.29, 1.82) is 0 Å². The number of methoxy groups -OCH3 is 1. The van der Waals surface area contributed by atoms with Gasteiger partial charge in [-0.1, -0.05) is 0 Å². The molecule has 0 amide bonds. The molecule has 15 heavy (non-hydrogen) atoms. The van der Waals surface area contributed by atoms with E-state index in [1.165, 1.54) is 13.3 Å². The van der Waals surface area contributed by atoms with Gasteiger partial charge in [-0.25, -0.2) is 0 Å². The summed E-state index contributed by atoms with van der Waals surface area (Å²) in [6, 6.07) is 5.18. The van der Waals surface area contributed by atoms with Crippen molar-refractivity contribution in [3.63, 3.8) is 0 Å². The van der Waals surface area contributed by atoms with E-state index < -0.39 is 0 Å². The molecule has 78 valence electrons. The number of hydrogen-bond acceptors (Lipinski definition) is 4. The van der Waals surface area contributed by atoms with Crippen LogP contribution >= 0.6 is 0 Å². The zero-order valence-electron chi connectivity index (χ0n) is 7.93. The molecule has 1 N–H and O–H groups in total. The molecule has 0 atom stereocenters. The maximum Gasteiger partial charge on any atom is 0.119 e. The van der Waals surface area contributed by atoms with Crippen LogP contribution in [0.15, 0.2) is 29.7 Å². The third-order valence-electron chi connectivity index (χ3n) is 2.15. The van der Waals surface area contributed by atoms with Crippen molar-refractivity contribution >= 4 is 16.6 Å². The highest BCUT2D eigenvalue weighted by molar-refractivity contribution is 5.93. The van der Waals surface area contributed by atoms with E-state index in [4.69, 9.17) is 4.74 Å². The number of rotatable bonds is 3. The highest BCUT2D eigenvalue weighted by Crippen LogP contribution is 2.29. The first kappa shape index (κ1) is 9.47. The number of aromatic amines is 1. The van der Waals surface area contributed by atoms with Crippen LogP contribution in [0.25, 0.3) is 10.9 Å². The lowest BCUT2D eigenvalue weighted by Gasteiger charge is -2.18. The first-order valence-electron chi connectivity index (χ1n) is 4.22. The molecular weight excluding hydrogens is 198 g/mol. The normalized spacial score (nSPS) is 10.3. The molecule has 1 aromatic carbocycles. The smallest absolute Gasteiger partial charge is 0.119 e. The maximum absolute atomic E-state index is 11.1. The van der Waals surface area contributed by atoms with Crippen LogP contribution in [0.5, 0.6) is 5.75 Å². The number of aromatic nitrogens is 1. The molecule has 0 fully saturated rings. The van der Waals surface area contributed by atoms with Crippen LogP contribution in [0, 0.1) is 10.1 Å². The van der Waals surface area contributed by atoms with Crippen molar-refractivity contribution in [2.24, 2.45) is 5.29 Å². The lowest BCUT2D eigenvalue weighted by molar-refractivity contribution is 0.415. The molecule has 2 rings (SSSR count). The third kappa shape index (κ3) is 1.50. The number of hydrogen-bond donors (Lipinski definition) is 1. The number of H-pyrrole nitrogens is 1. The minimum atomic E-state index is 0.0261. The summed E-state index contributed by atoms with van der Waals surface area (Å²) < 4.78 is 5.02. The molecule has 6 heteroatoms. The molecule has 6 nitrogen and oxygen atoms in total. The Morgan fingerprint density at radius 1 is 1.53 bits per heavy atom. The van der Waals surface area contributed by atoms with Crippen LogP contribution in [-0.2, 0) is 0 Å². The van der Waals surface area contributed by atoms with Crippen LogP contribution in [-0.4, -0.2) is 12.1 Å². The Kier molecular flexibility index (Phi) is 2.26. The fraction of sp³-hybridized carbons (Fsp3) is 0.111. The molecule has 0 saturated carbocycles. The van der Waals surface area contributed by atoms with Crippen molar-refractivity contribution in [3.8, 4) is 5.75 Å². The van der Waals surface area contributed by atoms with Crippen LogP contribution in [0.3, 0.4) is 0 Å². The third-order valence-corrected chi connectivity index (χ3v) is 2.15. The largest absolute Gasteiger partial charge is 0.735 e. The van der Waals surface area contributed by atoms with Gasteiger partial charge in [-0.2, -0.15) is 0 Å². The van der Waals surface area contributed by atoms with E-state index in [9.17, 15) is 10.1 Å². The molecular formula is C9H8N3O3-. The second-order valence-electron chi connectivity index (χ2n) is 2.94. The monoisotopic (exact) mass is 206 g/mol. The van der Waals surface area contributed by atoms with Gasteiger partial charge in [0.1, 0.15) is 5.75 Å². The van der Waals surface area contributed by atoms with Gasteiger partial charge >= 0.3 is 0 Å². The van der Waals surface area contributed by atoms with E-state index in [1.54, 1.807) is 18.2 Å². The quantitative estimate of drug-likeness (QED) is 0.616. The fourth-order valence-corrected chi connectivity index (χ4v) is 1.41. The molecule has 2 aromatic rings. The molecule has 0 unspecified atom stereocenters. The Morgan fingerprint density at radius 2 is 2.33 bits per heavy atom. The second kappa shape index (κ2) is 3.58. The first-order chi connectivity index (χ1) is 7.26. The fourth-order valence-electron chi connectivity index (χ4n) is 1.41. The van der Waals surface area contributed by atoms with Crippen LogP contribution in [0.2, 0.25) is 0 Å². The molecule has 0 spiro atoms. The average molecular weight is 206 g/mol. The van der Waals surface area contributed by atoms with Crippen molar-refractivity contribution in [3.05, 3.63) is 34.5 Å². The van der Waals surface area contributed by atoms with Gasteiger partial charge in [0, 0.05) is 22.4 Å². The van der Waals surface area contributed by atoms with Crippen molar-refractivity contribution in [2.75, 3.05) is 12.3 Å². The van der Waals surface area contributed by atoms with Crippen molar-refractivity contribution in [1.82, 2.24) is 4.98 Å². The molecule has 1 heterocycles. The molecule has 0 radical (unpaired) electrons. The number of benzene rings is 1. The number of ether oxygens (including phenoxy) is 1. The molecule has 0 saturated heterocycles.